The molecule has 0 fully saturated rings. The predicted octanol–water partition coefficient (Wildman–Crippen LogP) is 5.45. The van der Waals surface area contributed by atoms with Gasteiger partial charge in [0, 0.05) is 11.4 Å². The average molecular weight is 606 g/mol. The molecular weight excluding hydrogens is 579 g/mol. The van der Waals surface area contributed by atoms with E-state index in [9.17, 15) is 14.4 Å². The fourth-order valence-electron chi connectivity index (χ4n) is 4.07. The second-order valence-electron chi connectivity index (χ2n) is 9.90. The minimum absolute atomic E-state index is 0.234. The van der Waals surface area contributed by atoms with E-state index < -0.39 is 17.6 Å². The second kappa shape index (κ2) is 11.6. The molecule has 3 N–H and O–H groups in total. The smallest absolute Gasteiger partial charge is 0.421 e. The molecule has 0 spiro atoms. The van der Waals surface area contributed by atoms with Gasteiger partial charge in [0.05, 0.1) is 28.0 Å². The summed E-state index contributed by atoms with van der Waals surface area (Å²) < 4.78 is 6.82. The van der Waals surface area contributed by atoms with Gasteiger partial charge in [0.1, 0.15) is 22.5 Å². The normalized spacial score (nSPS) is 11.6. The van der Waals surface area contributed by atoms with Crippen LogP contribution < -0.4 is 16.2 Å². The number of nitrogens with two attached hydrogens (primary N) is 1. The number of halogens is 3. The Morgan fingerprint density at radius 1 is 1.10 bits per heavy atom. The van der Waals surface area contributed by atoms with Crippen LogP contribution in [-0.2, 0) is 22.4 Å². The fraction of sp³-hybridized carbons (Fsp3) is 0.296. The van der Waals surface area contributed by atoms with Crippen LogP contribution in [0.15, 0.2) is 41.2 Å². The van der Waals surface area contributed by atoms with Crippen LogP contribution >= 0.6 is 34.8 Å². The van der Waals surface area contributed by atoms with Crippen molar-refractivity contribution in [2.24, 2.45) is 5.73 Å². The summed E-state index contributed by atoms with van der Waals surface area (Å²) in [4.78, 5) is 46.7. The fourth-order valence-corrected chi connectivity index (χ4v) is 5.05. The Hall–Kier alpha value is -3.44. The molecule has 4 aromatic rings. The van der Waals surface area contributed by atoms with Crippen LogP contribution in [-0.4, -0.2) is 43.9 Å². The van der Waals surface area contributed by atoms with Crippen molar-refractivity contribution in [3.8, 4) is 5.69 Å². The van der Waals surface area contributed by atoms with Crippen molar-refractivity contribution >= 4 is 63.5 Å². The van der Waals surface area contributed by atoms with Gasteiger partial charge in [-0.1, -0.05) is 53.9 Å². The molecule has 0 bridgehead atoms. The number of carbonyl (C=O) groups is 2. The third-order valence-corrected chi connectivity index (χ3v) is 6.55. The number of rotatable bonds is 6. The minimum atomic E-state index is -0.827. The number of imide groups is 1. The van der Waals surface area contributed by atoms with Gasteiger partial charge in [0.15, 0.2) is 5.65 Å². The lowest BCUT2D eigenvalue weighted by molar-refractivity contribution is -0.117. The number of aromatic nitrogens is 4. The molecule has 10 nitrogen and oxygen atoms in total. The Kier molecular flexibility index (Phi) is 8.55. The second-order valence-corrected chi connectivity index (χ2v) is 11.1. The number of anilines is 1. The van der Waals surface area contributed by atoms with Crippen LogP contribution in [0.1, 0.15) is 44.8 Å². The van der Waals surface area contributed by atoms with Gasteiger partial charge in [-0.3, -0.25) is 9.59 Å². The van der Waals surface area contributed by atoms with Crippen LogP contribution in [0.5, 0.6) is 0 Å². The molecule has 0 aliphatic carbocycles. The molecule has 13 heteroatoms. The summed E-state index contributed by atoms with van der Waals surface area (Å²) in [6.45, 7) is 6.61. The third kappa shape index (κ3) is 6.15. The number of carbonyl (C=O) groups excluding carboxylic acids is 2. The SMILES string of the molecule is CCc1nn(-c2c(Cl)cc(Cl)cc2Cl)c2nc(Cc3ccc(N(C(=O)CN)C(=O)OC(C)(C)C)cc3)[nH]c(=O)c12. The van der Waals surface area contributed by atoms with Crippen molar-refractivity contribution in [3.05, 3.63) is 78.9 Å². The summed E-state index contributed by atoms with van der Waals surface area (Å²) in [5, 5.41) is 5.77. The van der Waals surface area contributed by atoms with Gasteiger partial charge in [-0.15, -0.1) is 0 Å². The van der Waals surface area contributed by atoms with Gasteiger partial charge < -0.3 is 15.5 Å². The number of benzene rings is 2. The molecule has 0 unspecified atom stereocenters. The standard InChI is InChI=1S/C27H27Cl3N6O4/c1-5-19-22-24(36(34-19)23-17(29)11-15(28)12-18(23)30)32-20(33-25(22)38)10-14-6-8-16(9-7-14)35(21(37)13-31)26(39)40-27(2,3)4/h6-9,11-12H,5,10,13,31H2,1-4H3,(H,32,33,38). The van der Waals surface area contributed by atoms with Gasteiger partial charge in [0.25, 0.3) is 5.56 Å². The first-order valence-electron chi connectivity index (χ1n) is 12.3. The van der Waals surface area contributed by atoms with E-state index in [1.165, 1.54) is 16.8 Å². The summed E-state index contributed by atoms with van der Waals surface area (Å²) in [6, 6.07) is 9.68. The minimum Gasteiger partial charge on any atom is -0.443 e. The maximum Gasteiger partial charge on any atom is 0.421 e. The van der Waals surface area contributed by atoms with Crippen molar-refractivity contribution in [1.29, 1.82) is 0 Å². The first kappa shape index (κ1) is 29.5. The molecule has 0 aliphatic rings. The number of nitrogens with zero attached hydrogens (tertiary/aromatic N) is 4. The molecule has 210 valence electrons. The van der Waals surface area contributed by atoms with E-state index in [-0.39, 0.29) is 28.6 Å². The number of amides is 2. The summed E-state index contributed by atoms with van der Waals surface area (Å²) in [5.74, 6) is -0.254. The zero-order valence-electron chi connectivity index (χ0n) is 22.2. The highest BCUT2D eigenvalue weighted by Crippen LogP contribution is 2.34. The third-order valence-electron chi connectivity index (χ3n) is 5.75. The lowest BCUT2D eigenvalue weighted by atomic mass is 10.1. The number of hydrogen-bond acceptors (Lipinski definition) is 7. The van der Waals surface area contributed by atoms with Gasteiger partial charge >= 0.3 is 6.09 Å². The van der Waals surface area contributed by atoms with E-state index in [0.29, 0.717) is 45.4 Å². The number of fused-ring (bicyclic) bond motifs is 1. The zero-order chi connectivity index (χ0) is 29.4. The van der Waals surface area contributed by atoms with Crippen molar-refractivity contribution in [2.45, 2.75) is 46.1 Å². The highest BCUT2D eigenvalue weighted by atomic mass is 35.5. The maximum atomic E-state index is 13.1. The van der Waals surface area contributed by atoms with E-state index in [2.05, 4.69) is 15.1 Å². The summed E-state index contributed by atoms with van der Waals surface area (Å²) in [5.41, 5.74) is 6.60. The molecule has 4 rings (SSSR count). The lowest BCUT2D eigenvalue weighted by Gasteiger charge is -2.26. The van der Waals surface area contributed by atoms with Crippen LogP contribution in [0.2, 0.25) is 15.1 Å². The number of nitrogens with one attached hydrogen (secondary N) is 1. The summed E-state index contributed by atoms with van der Waals surface area (Å²) in [6.07, 6.45) is -0.114. The highest BCUT2D eigenvalue weighted by Gasteiger charge is 2.28. The Morgan fingerprint density at radius 2 is 1.73 bits per heavy atom. The quantitative estimate of drug-likeness (QED) is 0.298. The Bertz CT molecular complexity index is 1640. The molecule has 0 radical (unpaired) electrons. The Balaban J connectivity index is 1.72. The van der Waals surface area contributed by atoms with Crippen molar-refractivity contribution in [1.82, 2.24) is 19.7 Å². The first-order valence-corrected chi connectivity index (χ1v) is 13.5. The maximum absolute atomic E-state index is 13.1. The molecule has 40 heavy (non-hydrogen) atoms. The summed E-state index contributed by atoms with van der Waals surface area (Å²) in [7, 11) is 0. The van der Waals surface area contributed by atoms with Gasteiger partial charge in [-0.05, 0) is 57.0 Å². The molecule has 2 aromatic heterocycles. The van der Waals surface area contributed by atoms with Crippen molar-refractivity contribution in [2.75, 3.05) is 11.4 Å². The van der Waals surface area contributed by atoms with Gasteiger partial charge in [0.2, 0.25) is 5.91 Å². The molecule has 2 aromatic carbocycles. The molecule has 2 heterocycles. The number of H-pyrrole nitrogens is 1. The lowest BCUT2D eigenvalue weighted by Crippen LogP contribution is -2.43. The molecule has 0 saturated heterocycles. The monoisotopic (exact) mass is 604 g/mol. The van der Waals surface area contributed by atoms with Crippen molar-refractivity contribution in [3.63, 3.8) is 0 Å². The van der Waals surface area contributed by atoms with E-state index >= 15 is 0 Å². The van der Waals surface area contributed by atoms with E-state index in [0.717, 1.165) is 10.5 Å². The molecular formula is C27H27Cl3N6O4. The van der Waals surface area contributed by atoms with E-state index in [1.807, 2.05) is 6.92 Å². The van der Waals surface area contributed by atoms with Crippen LogP contribution in [0, 0.1) is 0 Å². The van der Waals surface area contributed by atoms with Crippen molar-refractivity contribution < 1.29 is 14.3 Å². The van der Waals surface area contributed by atoms with E-state index in [1.54, 1.807) is 45.0 Å². The molecule has 2 amide bonds. The van der Waals surface area contributed by atoms with E-state index in [4.69, 9.17) is 45.3 Å². The van der Waals surface area contributed by atoms with Crippen LogP contribution in [0.25, 0.3) is 16.7 Å². The topological polar surface area (TPSA) is 136 Å². The highest BCUT2D eigenvalue weighted by molar-refractivity contribution is 6.40. The number of hydrogen-bond donors (Lipinski definition) is 2. The van der Waals surface area contributed by atoms with Crippen LogP contribution in [0.3, 0.4) is 0 Å². The summed E-state index contributed by atoms with van der Waals surface area (Å²) >= 11 is 19.0. The number of aryl methyl sites for hydroxylation is 1. The number of aromatic amines is 1. The molecule has 0 aliphatic heterocycles. The molecule has 0 saturated carbocycles. The zero-order valence-corrected chi connectivity index (χ0v) is 24.5. The predicted molar refractivity (Wildman–Crippen MR) is 156 cm³/mol. The first-order chi connectivity index (χ1) is 18.8. The van der Waals surface area contributed by atoms with Gasteiger partial charge in [-0.25, -0.2) is 19.4 Å². The Labute approximate surface area is 245 Å². The molecule has 0 atom stereocenters. The number of ether oxygens (including phenoxy) is 1. The largest absolute Gasteiger partial charge is 0.443 e. The average Bonchev–Trinajstić information content (AvgIpc) is 3.22. The van der Waals surface area contributed by atoms with Gasteiger partial charge in [-0.2, -0.15) is 5.10 Å². The Morgan fingerprint density at radius 3 is 2.27 bits per heavy atom. The van der Waals surface area contributed by atoms with Crippen LogP contribution in [0.4, 0.5) is 10.5 Å².